The van der Waals surface area contributed by atoms with Gasteiger partial charge in [-0.05, 0) is 34.5 Å². The number of rotatable bonds is 4. The topological polar surface area (TPSA) is 36.4 Å². The van der Waals surface area contributed by atoms with Crippen LogP contribution in [0.2, 0.25) is 0 Å². The summed E-state index contributed by atoms with van der Waals surface area (Å²) in [4.78, 5) is 5.53. The maximum atomic E-state index is 4.26. The zero-order valence-corrected chi connectivity index (χ0v) is 16.7. The van der Waals surface area contributed by atoms with Crippen LogP contribution >= 0.6 is 51.2 Å². The van der Waals surface area contributed by atoms with Gasteiger partial charge >= 0.3 is 0 Å². The molecule has 0 spiro atoms. The summed E-state index contributed by atoms with van der Waals surface area (Å²) in [6.07, 6.45) is 0. The molecule has 0 radical (unpaired) electrons. The van der Waals surface area contributed by atoms with Gasteiger partial charge in [-0.15, -0.1) is 35.3 Å². The lowest BCUT2D eigenvalue weighted by molar-refractivity contribution is 0.686. The van der Waals surface area contributed by atoms with Crippen molar-refractivity contribution in [3.05, 3.63) is 56.7 Å². The highest BCUT2D eigenvalue weighted by Gasteiger charge is 2.07. The van der Waals surface area contributed by atoms with Gasteiger partial charge in [-0.1, -0.05) is 30.3 Å². The van der Waals surface area contributed by atoms with E-state index in [0.717, 1.165) is 17.0 Å². The number of thiophene rings is 1. The molecule has 0 aliphatic rings. The summed E-state index contributed by atoms with van der Waals surface area (Å²) >= 11 is 5.19. The second-order valence-corrected chi connectivity index (χ2v) is 6.35. The molecule has 114 valence electrons. The third-order valence-corrected chi connectivity index (χ3v) is 4.63. The van der Waals surface area contributed by atoms with Crippen molar-refractivity contribution in [3.63, 3.8) is 0 Å². The average molecular weight is 480 g/mol. The lowest BCUT2D eigenvalue weighted by Gasteiger charge is -2.18. The largest absolute Gasteiger partial charge is 0.352 e. The van der Waals surface area contributed by atoms with E-state index in [4.69, 9.17) is 0 Å². The molecule has 2 aromatic rings. The minimum Gasteiger partial charge on any atom is -0.352 e. The maximum absolute atomic E-state index is 4.26. The number of benzene rings is 1. The van der Waals surface area contributed by atoms with Crippen molar-refractivity contribution in [1.82, 2.24) is 10.6 Å². The van der Waals surface area contributed by atoms with E-state index in [1.807, 2.05) is 18.2 Å². The second-order valence-electron chi connectivity index (χ2n) is 4.43. The van der Waals surface area contributed by atoms with Crippen LogP contribution in [0.4, 0.5) is 0 Å². The van der Waals surface area contributed by atoms with Gasteiger partial charge in [0, 0.05) is 21.8 Å². The van der Waals surface area contributed by atoms with E-state index < -0.39 is 0 Å². The standard InChI is InChI=1S/C15H18BrN3S.HI/c1-11(12-6-4-3-5-7-12)19-15(17-2)18-9-14-8-13(16)10-20-14;/h3-8,10-11H,9H2,1-2H3,(H2,17,18,19);1H. The molecule has 0 aliphatic carbocycles. The van der Waals surface area contributed by atoms with Crippen LogP contribution in [0.25, 0.3) is 0 Å². The Bertz CT molecular complexity index is 571. The molecule has 1 aromatic heterocycles. The third-order valence-electron chi connectivity index (χ3n) is 2.93. The number of guanidine groups is 1. The summed E-state index contributed by atoms with van der Waals surface area (Å²) in [5.74, 6) is 0.811. The molecule has 1 unspecified atom stereocenters. The van der Waals surface area contributed by atoms with Gasteiger partial charge in [-0.25, -0.2) is 0 Å². The van der Waals surface area contributed by atoms with Gasteiger partial charge in [0.25, 0.3) is 0 Å². The minimum absolute atomic E-state index is 0. The zero-order valence-electron chi connectivity index (χ0n) is 12.0. The van der Waals surface area contributed by atoms with Gasteiger partial charge in [0.1, 0.15) is 0 Å². The van der Waals surface area contributed by atoms with Crippen molar-refractivity contribution in [2.75, 3.05) is 7.05 Å². The van der Waals surface area contributed by atoms with Gasteiger partial charge in [-0.3, -0.25) is 4.99 Å². The summed E-state index contributed by atoms with van der Waals surface area (Å²) in [6, 6.07) is 12.7. The van der Waals surface area contributed by atoms with Crippen molar-refractivity contribution >= 4 is 57.2 Å². The van der Waals surface area contributed by atoms with Crippen molar-refractivity contribution in [2.45, 2.75) is 19.5 Å². The Morgan fingerprint density at radius 2 is 2.05 bits per heavy atom. The Balaban J connectivity index is 0.00000220. The SMILES string of the molecule is CN=C(NCc1cc(Br)cs1)NC(C)c1ccccc1.I. The van der Waals surface area contributed by atoms with Crippen LogP contribution < -0.4 is 10.6 Å². The van der Waals surface area contributed by atoms with Crippen LogP contribution in [0.1, 0.15) is 23.4 Å². The van der Waals surface area contributed by atoms with Gasteiger partial charge in [0.2, 0.25) is 0 Å². The number of nitrogens with zero attached hydrogens (tertiary/aromatic N) is 1. The molecule has 1 heterocycles. The number of hydrogen-bond acceptors (Lipinski definition) is 2. The first-order valence-electron chi connectivity index (χ1n) is 6.44. The summed E-state index contributed by atoms with van der Waals surface area (Å²) in [5.41, 5.74) is 1.24. The first-order chi connectivity index (χ1) is 9.69. The quantitative estimate of drug-likeness (QED) is 0.383. The first-order valence-corrected chi connectivity index (χ1v) is 8.11. The van der Waals surface area contributed by atoms with Gasteiger partial charge in [-0.2, -0.15) is 0 Å². The Hall–Kier alpha value is -0.600. The van der Waals surface area contributed by atoms with Crippen molar-refractivity contribution in [2.24, 2.45) is 4.99 Å². The Morgan fingerprint density at radius 3 is 2.62 bits per heavy atom. The minimum atomic E-state index is 0. The maximum Gasteiger partial charge on any atom is 0.191 e. The number of nitrogens with one attached hydrogen (secondary N) is 2. The molecular weight excluding hydrogens is 461 g/mol. The van der Waals surface area contributed by atoms with Crippen LogP contribution in [0.15, 0.2) is 51.2 Å². The summed E-state index contributed by atoms with van der Waals surface area (Å²) in [6.45, 7) is 2.90. The highest BCUT2D eigenvalue weighted by Crippen LogP contribution is 2.19. The molecule has 3 nitrogen and oxygen atoms in total. The van der Waals surface area contributed by atoms with Crippen molar-refractivity contribution in [1.29, 1.82) is 0 Å². The molecule has 21 heavy (non-hydrogen) atoms. The lowest BCUT2D eigenvalue weighted by atomic mass is 10.1. The number of hydrogen-bond donors (Lipinski definition) is 2. The van der Waals surface area contributed by atoms with Crippen LogP contribution in [0.3, 0.4) is 0 Å². The van der Waals surface area contributed by atoms with Gasteiger partial charge < -0.3 is 10.6 Å². The Labute approximate surface area is 155 Å². The van der Waals surface area contributed by atoms with E-state index >= 15 is 0 Å². The average Bonchev–Trinajstić information content (AvgIpc) is 2.89. The number of halogens is 2. The highest BCUT2D eigenvalue weighted by molar-refractivity contribution is 14.0. The van der Waals surface area contributed by atoms with E-state index in [2.05, 4.69) is 62.1 Å². The number of aliphatic imine (C=N–C) groups is 1. The summed E-state index contributed by atoms with van der Waals surface area (Å²) in [7, 11) is 1.79. The summed E-state index contributed by atoms with van der Waals surface area (Å²) < 4.78 is 1.12. The van der Waals surface area contributed by atoms with E-state index in [1.54, 1.807) is 18.4 Å². The molecule has 0 saturated carbocycles. The Morgan fingerprint density at radius 1 is 1.33 bits per heavy atom. The smallest absolute Gasteiger partial charge is 0.191 e. The van der Waals surface area contributed by atoms with Gasteiger partial charge in [0.15, 0.2) is 5.96 Å². The molecule has 1 atom stereocenters. The lowest BCUT2D eigenvalue weighted by Crippen LogP contribution is -2.38. The van der Waals surface area contributed by atoms with Crippen LogP contribution in [-0.4, -0.2) is 13.0 Å². The van der Waals surface area contributed by atoms with Gasteiger partial charge in [0.05, 0.1) is 12.6 Å². The third kappa shape index (κ3) is 5.96. The molecule has 0 amide bonds. The van der Waals surface area contributed by atoms with Crippen LogP contribution in [0, 0.1) is 0 Å². The molecule has 6 heteroatoms. The fourth-order valence-electron chi connectivity index (χ4n) is 1.84. The molecule has 0 aliphatic heterocycles. The fraction of sp³-hybridized carbons (Fsp3) is 0.267. The molecule has 1 aromatic carbocycles. The monoisotopic (exact) mass is 479 g/mol. The molecule has 0 fully saturated rings. The summed E-state index contributed by atoms with van der Waals surface area (Å²) in [5, 5.41) is 8.80. The molecule has 2 rings (SSSR count). The predicted molar refractivity (Wildman–Crippen MR) is 106 cm³/mol. The van der Waals surface area contributed by atoms with E-state index in [-0.39, 0.29) is 30.0 Å². The predicted octanol–water partition coefficient (Wildman–Crippen LogP) is 4.55. The second kappa shape index (κ2) is 9.42. The Kier molecular flexibility index (Phi) is 8.28. The molecule has 0 bridgehead atoms. The van der Waals surface area contributed by atoms with E-state index in [0.29, 0.717) is 0 Å². The zero-order chi connectivity index (χ0) is 14.4. The molecule has 0 saturated heterocycles. The van der Waals surface area contributed by atoms with Crippen molar-refractivity contribution in [3.8, 4) is 0 Å². The van der Waals surface area contributed by atoms with Crippen LogP contribution in [0.5, 0.6) is 0 Å². The van der Waals surface area contributed by atoms with E-state index in [9.17, 15) is 0 Å². The first kappa shape index (κ1) is 18.4. The van der Waals surface area contributed by atoms with Crippen molar-refractivity contribution < 1.29 is 0 Å². The normalized spacial score (nSPS) is 12.4. The molecular formula is C15H19BrIN3S. The van der Waals surface area contributed by atoms with E-state index in [1.165, 1.54) is 10.4 Å². The van der Waals surface area contributed by atoms with Crippen LogP contribution in [-0.2, 0) is 6.54 Å². The fourth-order valence-corrected chi connectivity index (χ4v) is 3.23. The highest BCUT2D eigenvalue weighted by atomic mass is 127. The molecule has 2 N–H and O–H groups in total.